The highest BCUT2D eigenvalue weighted by Gasteiger charge is 2.40. The molecule has 148 valence electrons. The molecule has 4 rings (SSSR count). The number of rotatable bonds is 5. The van der Waals surface area contributed by atoms with Crippen molar-refractivity contribution < 1.29 is 4.79 Å². The van der Waals surface area contributed by atoms with Crippen molar-refractivity contribution in [1.82, 2.24) is 24.7 Å². The Morgan fingerprint density at radius 3 is 2.30 bits per heavy atom. The van der Waals surface area contributed by atoms with Gasteiger partial charge in [0.25, 0.3) is 0 Å². The Kier molecular flexibility index (Phi) is 5.59. The standard InChI is InChI=1S/C20H32N6O/c1-3-4-19(27)25-9-7-24(8-10-25)13-16-11-21-20(22-12-16)26-17-5-6-18(26)15-23(2)14-17/h11-12,17-18H,3-10,13-15H2,1-2H3. The molecule has 3 fully saturated rings. The van der Waals surface area contributed by atoms with Crippen LogP contribution in [-0.4, -0.2) is 89.0 Å². The lowest BCUT2D eigenvalue weighted by molar-refractivity contribution is -0.133. The van der Waals surface area contributed by atoms with Crippen LogP contribution in [0.3, 0.4) is 0 Å². The molecule has 1 aromatic rings. The number of likely N-dealkylation sites (tertiary alicyclic amines) is 1. The fourth-order valence-corrected chi connectivity index (χ4v) is 4.79. The molecule has 27 heavy (non-hydrogen) atoms. The van der Waals surface area contributed by atoms with Crippen LogP contribution in [0.25, 0.3) is 0 Å². The van der Waals surface area contributed by atoms with Crippen LogP contribution in [0.5, 0.6) is 0 Å². The minimum Gasteiger partial charge on any atom is -0.340 e. The Bertz CT molecular complexity index is 628. The first-order valence-corrected chi connectivity index (χ1v) is 10.4. The van der Waals surface area contributed by atoms with Crippen LogP contribution in [0, 0.1) is 0 Å². The van der Waals surface area contributed by atoms with E-state index in [2.05, 4.69) is 28.7 Å². The second-order valence-corrected chi connectivity index (χ2v) is 8.31. The number of aromatic nitrogens is 2. The predicted octanol–water partition coefficient (Wildman–Crippen LogP) is 1.20. The van der Waals surface area contributed by atoms with Crippen LogP contribution in [0.1, 0.15) is 38.2 Å². The van der Waals surface area contributed by atoms with Gasteiger partial charge in [0.2, 0.25) is 11.9 Å². The number of hydrogen-bond donors (Lipinski definition) is 0. The van der Waals surface area contributed by atoms with E-state index in [0.29, 0.717) is 24.4 Å². The number of anilines is 1. The fraction of sp³-hybridized carbons (Fsp3) is 0.750. The van der Waals surface area contributed by atoms with E-state index >= 15 is 0 Å². The summed E-state index contributed by atoms with van der Waals surface area (Å²) in [5.74, 6) is 1.20. The van der Waals surface area contributed by atoms with E-state index in [-0.39, 0.29) is 0 Å². The lowest BCUT2D eigenvalue weighted by atomic mass is 10.2. The third-order valence-corrected chi connectivity index (χ3v) is 6.18. The number of nitrogens with zero attached hydrogens (tertiary/aromatic N) is 6. The first kappa shape index (κ1) is 18.6. The van der Waals surface area contributed by atoms with E-state index < -0.39 is 0 Å². The Morgan fingerprint density at radius 1 is 1.07 bits per heavy atom. The zero-order chi connectivity index (χ0) is 18.8. The van der Waals surface area contributed by atoms with E-state index in [1.165, 1.54) is 12.8 Å². The molecule has 0 aromatic carbocycles. The molecule has 7 heteroatoms. The quantitative estimate of drug-likeness (QED) is 0.774. The predicted molar refractivity (Wildman–Crippen MR) is 106 cm³/mol. The van der Waals surface area contributed by atoms with Crippen molar-refractivity contribution in [3.8, 4) is 0 Å². The maximum atomic E-state index is 12.0. The van der Waals surface area contributed by atoms with Crippen molar-refractivity contribution in [3.63, 3.8) is 0 Å². The van der Waals surface area contributed by atoms with Gasteiger partial charge in [-0.25, -0.2) is 9.97 Å². The average molecular weight is 373 g/mol. The van der Waals surface area contributed by atoms with Crippen LogP contribution in [0.2, 0.25) is 0 Å². The van der Waals surface area contributed by atoms with Crippen LogP contribution in [0.15, 0.2) is 12.4 Å². The van der Waals surface area contributed by atoms with Crippen molar-refractivity contribution in [2.24, 2.45) is 0 Å². The Labute approximate surface area is 162 Å². The molecule has 1 aromatic heterocycles. The topological polar surface area (TPSA) is 55.8 Å². The summed E-state index contributed by atoms with van der Waals surface area (Å²) in [6.07, 6.45) is 8.09. The molecule has 2 unspecified atom stereocenters. The van der Waals surface area contributed by atoms with Gasteiger partial charge in [0.15, 0.2) is 0 Å². The highest BCUT2D eigenvalue weighted by Crippen LogP contribution is 2.32. The highest BCUT2D eigenvalue weighted by molar-refractivity contribution is 5.76. The third-order valence-electron chi connectivity index (χ3n) is 6.18. The monoisotopic (exact) mass is 372 g/mol. The number of carbonyl (C=O) groups is 1. The van der Waals surface area contributed by atoms with Gasteiger partial charge in [0, 0.05) is 82.3 Å². The molecule has 7 nitrogen and oxygen atoms in total. The minimum absolute atomic E-state index is 0.298. The first-order chi connectivity index (χ1) is 13.1. The summed E-state index contributed by atoms with van der Waals surface area (Å²) < 4.78 is 0. The molecule has 0 N–H and O–H groups in total. The first-order valence-electron chi connectivity index (χ1n) is 10.4. The van der Waals surface area contributed by atoms with Gasteiger partial charge < -0.3 is 14.7 Å². The molecule has 4 heterocycles. The summed E-state index contributed by atoms with van der Waals surface area (Å²) >= 11 is 0. The highest BCUT2D eigenvalue weighted by atomic mass is 16.2. The number of fused-ring (bicyclic) bond motifs is 2. The lowest BCUT2D eigenvalue weighted by Gasteiger charge is -2.39. The SMILES string of the molecule is CCCC(=O)N1CCN(Cc2cnc(N3C4CCC3CN(C)C4)nc2)CC1. The molecule has 3 aliphatic rings. The van der Waals surface area contributed by atoms with Gasteiger partial charge >= 0.3 is 0 Å². The van der Waals surface area contributed by atoms with Crippen LogP contribution in [0.4, 0.5) is 5.95 Å². The minimum atomic E-state index is 0.298. The summed E-state index contributed by atoms with van der Waals surface area (Å²) in [6, 6.07) is 1.13. The summed E-state index contributed by atoms with van der Waals surface area (Å²) in [5, 5.41) is 0. The van der Waals surface area contributed by atoms with E-state index in [9.17, 15) is 4.79 Å². The molecular formula is C20H32N6O. The molecule has 0 saturated carbocycles. The van der Waals surface area contributed by atoms with Gasteiger partial charge in [0.1, 0.15) is 0 Å². The second kappa shape index (κ2) is 8.10. The fourth-order valence-electron chi connectivity index (χ4n) is 4.79. The number of amides is 1. The molecule has 3 aliphatic heterocycles. The van der Waals surface area contributed by atoms with Gasteiger partial charge in [0.05, 0.1) is 0 Å². The Morgan fingerprint density at radius 2 is 1.70 bits per heavy atom. The van der Waals surface area contributed by atoms with Crippen molar-refractivity contribution in [3.05, 3.63) is 18.0 Å². The normalized spacial score (nSPS) is 26.6. The van der Waals surface area contributed by atoms with Crippen molar-refractivity contribution >= 4 is 11.9 Å². The van der Waals surface area contributed by atoms with E-state index in [1.807, 2.05) is 17.3 Å². The molecule has 3 saturated heterocycles. The van der Waals surface area contributed by atoms with Crippen molar-refractivity contribution in [2.45, 2.75) is 51.2 Å². The van der Waals surface area contributed by atoms with E-state index in [0.717, 1.165) is 63.7 Å². The smallest absolute Gasteiger partial charge is 0.225 e. The average Bonchev–Trinajstić information content (AvgIpc) is 2.94. The van der Waals surface area contributed by atoms with E-state index in [1.54, 1.807) is 0 Å². The summed E-state index contributed by atoms with van der Waals surface area (Å²) in [4.78, 5) is 30.7. The lowest BCUT2D eigenvalue weighted by Crippen LogP contribution is -2.53. The largest absolute Gasteiger partial charge is 0.340 e. The number of hydrogen-bond acceptors (Lipinski definition) is 6. The van der Waals surface area contributed by atoms with Crippen LogP contribution in [-0.2, 0) is 11.3 Å². The molecule has 0 spiro atoms. The van der Waals surface area contributed by atoms with Crippen LogP contribution >= 0.6 is 0 Å². The van der Waals surface area contributed by atoms with Gasteiger partial charge in [-0.1, -0.05) is 6.92 Å². The molecule has 0 aliphatic carbocycles. The van der Waals surface area contributed by atoms with Crippen LogP contribution < -0.4 is 4.90 Å². The summed E-state index contributed by atoms with van der Waals surface area (Å²) in [5.41, 5.74) is 1.16. The Balaban J connectivity index is 1.31. The van der Waals surface area contributed by atoms with Gasteiger partial charge in [-0.2, -0.15) is 0 Å². The Hall–Kier alpha value is -1.73. The second-order valence-electron chi connectivity index (χ2n) is 8.31. The van der Waals surface area contributed by atoms with Gasteiger partial charge in [-0.15, -0.1) is 0 Å². The molecule has 0 radical (unpaired) electrons. The number of piperazine rings is 2. The maximum absolute atomic E-state index is 12.0. The van der Waals surface area contributed by atoms with E-state index in [4.69, 9.17) is 9.97 Å². The van der Waals surface area contributed by atoms with Gasteiger partial charge in [-0.3, -0.25) is 9.69 Å². The van der Waals surface area contributed by atoms with Crippen molar-refractivity contribution in [2.75, 3.05) is 51.2 Å². The zero-order valence-corrected chi connectivity index (χ0v) is 16.7. The summed E-state index contributed by atoms with van der Waals surface area (Å²) in [6.45, 7) is 8.69. The molecular weight excluding hydrogens is 340 g/mol. The zero-order valence-electron chi connectivity index (χ0n) is 16.7. The summed E-state index contributed by atoms with van der Waals surface area (Å²) in [7, 11) is 2.21. The molecule has 2 atom stereocenters. The molecule has 2 bridgehead atoms. The van der Waals surface area contributed by atoms with Gasteiger partial charge in [-0.05, 0) is 26.3 Å². The number of carbonyl (C=O) groups excluding carboxylic acids is 1. The maximum Gasteiger partial charge on any atom is 0.225 e. The van der Waals surface area contributed by atoms with Crippen molar-refractivity contribution in [1.29, 1.82) is 0 Å². The third kappa shape index (κ3) is 4.09. The number of likely N-dealkylation sites (N-methyl/N-ethyl adjacent to an activating group) is 1. The molecule has 1 amide bonds.